The van der Waals surface area contributed by atoms with Crippen LogP contribution in [0.3, 0.4) is 0 Å². The maximum atomic E-state index is 2.42. The Labute approximate surface area is 136 Å². The molecule has 0 aromatic heterocycles. The van der Waals surface area contributed by atoms with E-state index in [1.54, 1.807) is 0 Å². The van der Waals surface area contributed by atoms with Gasteiger partial charge in [-0.2, -0.15) is 0 Å². The third-order valence-corrected chi connectivity index (χ3v) is 4.34. The quantitative estimate of drug-likeness (QED) is 0.558. The second-order valence-electron chi connectivity index (χ2n) is 8.58. The minimum absolute atomic E-state index is 0.140. The third-order valence-electron chi connectivity index (χ3n) is 4.34. The Morgan fingerprint density at radius 2 is 1.14 bits per heavy atom. The summed E-state index contributed by atoms with van der Waals surface area (Å²) in [5.74, 6) is 0. The predicted octanol–water partition coefficient (Wildman–Crippen LogP) is 6.57. The summed E-state index contributed by atoms with van der Waals surface area (Å²) >= 11 is 0. The van der Waals surface area contributed by atoms with Gasteiger partial charge in [0.15, 0.2) is 0 Å². The Morgan fingerprint density at radius 1 is 0.636 bits per heavy atom. The van der Waals surface area contributed by atoms with Crippen LogP contribution in [-0.2, 0) is 10.8 Å². The van der Waals surface area contributed by atoms with E-state index >= 15 is 0 Å². The molecule has 0 spiro atoms. The van der Waals surface area contributed by atoms with Gasteiger partial charge < -0.3 is 0 Å². The van der Waals surface area contributed by atoms with Gasteiger partial charge in [0.1, 0.15) is 0 Å². The Kier molecular flexibility index (Phi) is 4.26. The lowest BCUT2D eigenvalue weighted by Gasteiger charge is -2.29. The molecule has 0 heteroatoms. The van der Waals surface area contributed by atoms with E-state index in [9.17, 15) is 0 Å². The number of benzene rings is 2. The lowest BCUT2D eigenvalue weighted by atomic mass is 9.76. The molecule has 2 aromatic rings. The average molecular weight is 294 g/mol. The molecule has 0 saturated heterocycles. The van der Waals surface area contributed by atoms with Crippen LogP contribution in [-0.4, -0.2) is 0 Å². The molecule has 0 amide bonds. The Hall–Kier alpha value is -1.56. The molecule has 22 heavy (non-hydrogen) atoms. The maximum absolute atomic E-state index is 2.42. The van der Waals surface area contributed by atoms with Gasteiger partial charge in [-0.15, -0.1) is 0 Å². The minimum Gasteiger partial charge on any atom is -0.0587 e. The first-order chi connectivity index (χ1) is 10.00. The molecule has 0 aliphatic carbocycles. The average Bonchev–Trinajstić information content (AvgIpc) is 2.37. The van der Waals surface area contributed by atoms with Crippen molar-refractivity contribution < 1.29 is 0 Å². The Morgan fingerprint density at radius 3 is 1.59 bits per heavy atom. The Balaban J connectivity index is 2.76. The second kappa shape index (κ2) is 5.57. The van der Waals surface area contributed by atoms with Gasteiger partial charge in [-0.1, -0.05) is 83.5 Å². The predicted molar refractivity (Wildman–Crippen MR) is 98.8 cm³/mol. The van der Waals surface area contributed by atoms with E-state index in [0.29, 0.717) is 0 Å². The summed E-state index contributed by atoms with van der Waals surface area (Å²) in [6, 6.07) is 13.7. The number of aryl methyl sites for hydroxylation is 2. The van der Waals surface area contributed by atoms with Gasteiger partial charge in [-0.05, 0) is 52.5 Å². The molecule has 0 saturated carbocycles. The first kappa shape index (κ1) is 16.8. The number of rotatable bonds is 1. The molecule has 0 heterocycles. The van der Waals surface area contributed by atoms with Crippen molar-refractivity contribution in [2.45, 2.75) is 66.2 Å². The summed E-state index contributed by atoms with van der Waals surface area (Å²) < 4.78 is 0. The van der Waals surface area contributed by atoms with Crippen molar-refractivity contribution in [1.82, 2.24) is 0 Å². The van der Waals surface area contributed by atoms with Crippen LogP contribution in [0.25, 0.3) is 11.1 Å². The second-order valence-corrected chi connectivity index (χ2v) is 8.58. The molecule has 2 rings (SSSR count). The van der Waals surface area contributed by atoms with Gasteiger partial charge in [0.2, 0.25) is 0 Å². The van der Waals surface area contributed by atoms with Crippen molar-refractivity contribution in [3.05, 3.63) is 58.7 Å². The zero-order chi connectivity index (χ0) is 16.7. The van der Waals surface area contributed by atoms with E-state index in [0.717, 1.165) is 0 Å². The molecule has 0 radical (unpaired) electrons. The van der Waals surface area contributed by atoms with E-state index in [2.05, 4.69) is 91.8 Å². The molecule has 2 aromatic carbocycles. The standard InChI is InChI=1S/C22H30/c1-15-9-11-17(12-10-15)18-14-19(21(3,4)5)16(2)13-20(18)22(6,7)8/h9-14H,1-8H3. The highest BCUT2D eigenvalue weighted by Gasteiger charge is 2.24. The summed E-state index contributed by atoms with van der Waals surface area (Å²) in [7, 11) is 0. The van der Waals surface area contributed by atoms with Crippen LogP contribution >= 0.6 is 0 Å². The largest absolute Gasteiger partial charge is 0.0587 e. The van der Waals surface area contributed by atoms with Crippen LogP contribution in [0.15, 0.2) is 36.4 Å². The van der Waals surface area contributed by atoms with Crippen molar-refractivity contribution in [3.8, 4) is 11.1 Å². The maximum Gasteiger partial charge on any atom is -0.0126 e. The summed E-state index contributed by atoms with van der Waals surface area (Å²) in [4.78, 5) is 0. The summed E-state index contributed by atoms with van der Waals surface area (Å²) in [5.41, 5.74) is 8.58. The molecular formula is C22H30. The van der Waals surface area contributed by atoms with E-state index < -0.39 is 0 Å². The summed E-state index contributed by atoms with van der Waals surface area (Å²) in [6.07, 6.45) is 0. The van der Waals surface area contributed by atoms with Gasteiger partial charge in [0.05, 0.1) is 0 Å². The molecule has 118 valence electrons. The van der Waals surface area contributed by atoms with Crippen molar-refractivity contribution in [2.75, 3.05) is 0 Å². The van der Waals surface area contributed by atoms with Gasteiger partial charge in [0.25, 0.3) is 0 Å². The highest BCUT2D eigenvalue weighted by molar-refractivity contribution is 5.71. The number of hydrogen-bond donors (Lipinski definition) is 0. The first-order valence-electron chi connectivity index (χ1n) is 8.23. The monoisotopic (exact) mass is 294 g/mol. The fourth-order valence-corrected chi connectivity index (χ4v) is 3.11. The van der Waals surface area contributed by atoms with Gasteiger partial charge >= 0.3 is 0 Å². The van der Waals surface area contributed by atoms with Gasteiger partial charge in [-0.25, -0.2) is 0 Å². The highest BCUT2D eigenvalue weighted by Crippen LogP contribution is 2.38. The molecule has 0 N–H and O–H groups in total. The Bertz CT molecular complexity index is 659. The number of hydrogen-bond acceptors (Lipinski definition) is 0. The molecule has 0 atom stereocenters. The van der Waals surface area contributed by atoms with Crippen LogP contribution in [0.1, 0.15) is 63.8 Å². The zero-order valence-electron chi connectivity index (χ0n) is 15.5. The van der Waals surface area contributed by atoms with E-state index in [1.165, 1.54) is 33.4 Å². The SMILES string of the molecule is Cc1ccc(-c2cc(C(C)(C)C)c(C)cc2C(C)(C)C)cc1. The van der Waals surface area contributed by atoms with E-state index in [1.807, 2.05) is 0 Å². The molecular weight excluding hydrogens is 264 g/mol. The van der Waals surface area contributed by atoms with Crippen LogP contribution in [0.5, 0.6) is 0 Å². The molecule has 0 fully saturated rings. The lowest BCUT2D eigenvalue weighted by Crippen LogP contribution is -2.18. The van der Waals surface area contributed by atoms with Crippen LogP contribution < -0.4 is 0 Å². The molecule has 0 nitrogen and oxygen atoms in total. The molecule has 0 aliphatic rings. The molecule has 0 aliphatic heterocycles. The summed E-state index contributed by atoms with van der Waals surface area (Å²) in [5, 5.41) is 0. The fourth-order valence-electron chi connectivity index (χ4n) is 3.11. The smallest absolute Gasteiger partial charge is 0.0126 e. The van der Waals surface area contributed by atoms with Crippen molar-refractivity contribution in [3.63, 3.8) is 0 Å². The summed E-state index contributed by atoms with van der Waals surface area (Å²) in [6.45, 7) is 18.2. The van der Waals surface area contributed by atoms with Gasteiger partial charge in [0, 0.05) is 0 Å². The van der Waals surface area contributed by atoms with Crippen LogP contribution in [0.4, 0.5) is 0 Å². The molecule has 0 unspecified atom stereocenters. The third kappa shape index (κ3) is 3.43. The van der Waals surface area contributed by atoms with Crippen molar-refractivity contribution >= 4 is 0 Å². The first-order valence-corrected chi connectivity index (χ1v) is 8.23. The van der Waals surface area contributed by atoms with E-state index in [4.69, 9.17) is 0 Å². The van der Waals surface area contributed by atoms with Crippen molar-refractivity contribution in [1.29, 1.82) is 0 Å². The normalized spacial score (nSPS) is 12.5. The molecule has 0 bridgehead atoms. The lowest BCUT2D eigenvalue weighted by molar-refractivity contribution is 0.574. The van der Waals surface area contributed by atoms with Gasteiger partial charge in [-0.3, -0.25) is 0 Å². The van der Waals surface area contributed by atoms with Crippen LogP contribution in [0.2, 0.25) is 0 Å². The fraction of sp³-hybridized carbons (Fsp3) is 0.455. The topological polar surface area (TPSA) is 0 Å². The van der Waals surface area contributed by atoms with Crippen LogP contribution in [0, 0.1) is 13.8 Å². The minimum atomic E-state index is 0.140. The highest BCUT2D eigenvalue weighted by atomic mass is 14.3. The van der Waals surface area contributed by atoms with E-state index in [-0.39, 0.29) is 10.8 Å². The van der Waals surface area contributed by atoms with Crippen molar-refractivity contribution in [2.24, 2.45) is 0 Å². The zero-order valence-corrected chi connectivity index (χ0v) is 15.5.